The molecule has 1 atom stereocenters. The van der Waals surface area contributed by atoms with Crippen LogP contribution in [-0.2, 0) is 9.53 Å². The van der Waals surface area contributed by atoms with Gasteiger partial charge in [0, 0.05) is 37.6 Å². The Morgan fingerprint density at radius 2 is 2.32 bits per heavy atom. The van der Waals surface area contributed by atoms with Crippen molar-refractivity contribution in [2.75, 3.05) is 43.0 Å². The lowest BCUT2D eigenvalue weighted by Gasteiger charge is -2.23. The number of amides is 3. The molecule has 0 aliphatic carbocycles. The van der Waals surface area contributed by atoms with E-state index in [2.05, 4.69) is 16.0 Å². The normalized spacial score (nSPS) is 21.5. The lowest BCUT2D eigenvalue weighted by molar-refractivity contribution is -0.119. The average Bonchev–Trinajstić information content (AvgIpc) is 2.94. The fourth-order valence-electron chi connectivity index (χ4n) is 2.64. The molecule has 1 unspecified atom stereocenters. The second-order valence-electron chi connectivity index (χ2n) is 5.38. The molecular formula is C15H20N4O3. The summed E-state index contributed by atoms with van der Waals surface area (Å²) in [6, 6.07) is 7.20. The van der Waals surface area contributed by atoms with Crippen LogP contribution in [0.3, 0.4) is 0 Å². The van der Waals surface area contributed by atoms with Gasteiger partial charge < -0.3 is 20.7 Å². The summed E-state index contributed by atoms with van der Waals surface area (Å²) in [5.41, 5.74) is 1.47. The second-order valence-corrected chi connectivity index (χ2v) is 5.38. The molecule has 2 heterocycles. The number of nitrogens with one attached hydrogen (secondary N) is 3. The molecule has 1 aromatic carbocycles. The van der Waals surface area contributed by atoms with E-state index in [1.54, 1.807) is 4.90 Å². The van der Waals surface area contributed by atoms with E-state index in [1.807, 2.05) is 24.3 Å². The SMILES string of the molecule is O=C(CC1CNCCO1)Nc1cccc(N2CCNC2=O)c1. The summed E-state index contributed by atoms with van der Waals surface area (Å²) in [6.45, 7) is 3.44. The summed E-state index contributed by atoms with van der Waals surface area (Å²) >= 11 is 0. The van der Waals surface area contributed by atoms with Crippen LogP contribution in [0.15, 0.2) is 24.3 Å². The molecule has 22 heavy (non-hydrogen) atoms. The van der Waals surface area contributed by atoms with Gasteiger partial charge in [0.2, 0.25) is 5.91 Å². The molecule has 0 aromatic heterocycles. The van der Waals surface area contributed by atoms with Crippen LogP contribution in [0.4, 0.5) is 16.2 Å². The fourth-order valence-corrected chi connectivity index (χ4v) is 2.64. The van der Waals surface area contributed by atoms with Gasteiger partial charge in [-0.25, -0.2) is 4.79 Å². The van der Waals surface area contributed by atoms with Gasteiger partial charge in [0.05, 0.1) is 19.1 Å². The van der Waals surface area contributed by atoms with Gasteiger partial charge in [-0.15, -0.1) is 0 Å². The summed E-state index contributed by atoms with van der Waals surface area (Å²) in [6.07, 6.45) is 0.239. The maximum Gasteiger partial charge on any atom is 0.321 e. The molecule has 0 spiro atoms. The van der Waals surface area contributed by atoms with E-state index in [-0.39, 0.29) is 18.0 Å². The highest BCUT2D eigenvalue weighted by Crippen LogP contribution is 2.21. The van der Waals surface area contributed by atoms with Crippen LogP contribution in [0.2, 0.25) is 0 Å². The Hall–Kier alpha value is -2.12. The van der Waals surface area contributed by atoms with Crippen LogP contribution in [0.1, 0.15) is 6.42 Å². The van der Waals surface area contributed by atoms with Crippen molar-refractivity contribution < 1.29 is 14.3 Å². The maximum atomic E-state index is 12.1. The maximum absolute atomic E-state index is 12.1. The summed E-state index contributed by atoms with van der Waals surface area (Å²) in [5, 5.41) is 8.82. The number of morpholine rings is 1. The van der Waals surface area contributed by atoms with Gasteiger partial charge >= 0.3 is 6.03 Å². The third-order valence-corrected chi connectivity index (χ3v) is 3.72. The molecular weight excluding hydrogens is 284 g/mol. The van der Waals surface area contributed by atoms with Crippen molar-refractivity contribution in [2.45, 2.75) is 12.5 Å². The Labute approximate surface area is 129 Å². The molecule has 3 N–H and O–H groups in total. The predicted octanol–water partition coefficient (Wildman–Crippen LogP) is 0.533. The molecule has 3 amide bonds. The third kappa shape index (κ3) is 3.55. The first-order valence-corrected chi connectivity index (χ1v) is 7.50. The molecule has 3 rings (SSSR count). The zero-order valence-electron chi connectivity index (χ0n) is 12.3. The Bertz CT molecular complexity index is 557. The summed E-state index contributed by atoms with van der Waals surface area (Å²) in [5.74, 6) is -0.0864. The second kappa shape index (κ2) is 6.76. The smallest absolute Gasteiger partial charge is 0.321 e. The van der Waals surface area contributed by atoms with Gasteiger partial charge in [-0.2, -0.15) is 0 Å². The average molecular weight is 304 g/mol. The van der Waals surface area contributed by atoms with E-state index in [1.165, 1.54) is 0 Å². The minimum Gasteiger partial charge on any atom is -0.375 e. The van der Waals surface area contributed by atoms with E-state index in [0.29, 0.717) is 38.3 Å². The van der Waals surface area contributed by atoms with Crippen LogP contribution < -0.4 is 20.9 Å². The Morgan fingerprint density at radius 3 is 3.05 bits per heavy atom. The van der Waals surface area contributed by atoms with Crippen molar-refractivity contribution in [2.24, 2.45) is 0 Å². The number of hydrogen-bond acceptors (Lipinski definition) is 4. The largest absolute Gasteiger partial charge is 0.375 e. The number of anilines is 2. The number of carbonyl (C=O) groups is 2. The first kappa shape index (κ1) is 14.8. The molecule has 2 aliphatic heterocycles. The van der Waals surface area contributed by atoms with E-state index in [0.717, 1.165) is 12.2 Å². The van der Waals surface area contributed by atoms with Crippen molar-refractivity contribution in [1.29, 1.82) is 0 Å². The van der Waals surface area contributed by atoms with Gasteiger partial charge in [-0.05, 0) is 18.2 Å². The van der Waals surface area contributed by atoms with Crippen LogP contribution in [-0.4, -0.2) is 50.8 Å². The summed E-state index contributed by atoms with van der Waals surface area (Å²) in [4.78, 5) is 25.4. The number of ether oxygens (including phenoxy) is 1. The molecule has 2 aliphatic rings. The van der Waals surface area contributed by atoms with Crippen molar-refractivity contribution >= 4 is 23.3 Å². The molecule has 0 saturated carbocycles. The summed E-state index contributed by atoms with van der Waals surface area (Å²) < 4.78 is 5.52. The van der Waals surface area contributed by atoms with Gasteiger partial charge in [0.1, 0.15) is 0 Å². The van der Waals surface area contributed by atoms with Crippen molar-refractivity contribution in [3.8, 4) is 0 Å². The number of urea groups is 1. The van der Waals surface area contributed by atoms with Crippen LogP contribution >= 0.6 is 0 Å². The van der Waals surface area contributed by atoms with Crippen LogP contribution in [0.25, 0.3) is 0 Å². The fraction of sp³-hybridized carbons (Fsp3) is 0.467. The molecule has 0 bridgehead atoms. The number of rotatable bonds is 4. The van der Waals surface area contributed by atoms with Crippen molar-refractivity contribution in [1.82, 2.24) is 10.6 Å². The topological polar surface area (TPSA) is 82.7 Å². The molecule has 7 heteroatoms. The van der Waals surface area contributed by atoms with E-state index in [9.17, 15) is 9.59 Å². The zero-order valence-corrected chi connectivity index (χ0v) is 12.3. The highest BCUT2D eigenvalue weighted by atomic mass is 16.5. The predicted molar refractivity (Wildman–Crippen MR) is 83.0 cm³/mol. The Morgan fingerprint density at radius 1 is 1.41 bits per heavy atom. The van der Waals surface area contributed by atoms with Gasteiger partial charge in [0.25, 0.3) is 0 Å². The highest BCUT2D eigenvalue weighted by Gasteiger charge is 2.21. The highest BCUT2D eigenvalue weighted by molar-refractivity contribution is 5.96. The standard InChI is InChI=1S/C15H20N4O3/c20-14(9-13-10-16-5-7-22-13)18-11-2-1-3-12(8-11)19-6-4-17-15(19)21/h1-3,8,13,16H,4-7,9-10H2,(H,17,21)(H,18,20). The first-order chi connectivity index (χ1) is 10.7. The molecule has 2 saturated heterocycles. The van der Waals surface area contributed by atoms with Crippen molar-refractivity contribution in [3.05, 3.63) is 24.3 Å². The zero-order chi connectivity index (χ0) is 15.4. The van der Waals surface area contributed by atoms with Gasteiger partial charge in [0.15, 0.2) is 0 Å². The van der Waals surface area contributed by atoms with Crippen molar-refractivity contribution in [3.63, 3.8) is 0 Å². The first-order valence-electron chi connectivity index (χ1n) is 7.50. The number of nitrogens with zero attached hydrogens (tertiary/aromatic N) is 1. The van der Waals surface area contributed by atoms with Gasteiger partial charge in [-0.3, -0.25) is 9.69 Å². The Kier molecular flexibility index (Phi) is 4.55. The third-order valence-electron chi connectivity index (χ3n) is 3.72. The molecule has 1 aromatic rings. The minimum atomic E-state index is -0.106. The lowest BCUT2D eigenvalue weighted by Crippen LogP contribution is -2.40. The quantitative estimate of drug-likeness (QED) is 0.758. The van der Waals surface area contributed by atoms with E-state index in [4.69, 9.17) is 4.74 Å². The van der Waals surface area contributed by atoms with E-state index >= 15 is 0 Å². The molecule has 0 radical (unpaired) electrons. The lowest BCUT2D eigenvalue weighted by atomic mass is 10.2. The van der Waals surface area contributed by atoms with E-state index < -0.39 is 0 Å². The molecule has 2 fully saturated rings. The Balaban J connectivity index is 1.60. The number of benzene rings is 1. The number of carbonyl (C=O) groups excluding carboxylic acids is 2. The van der Waals surface area contributed by atoms with Crippen LogP contribution in [0.5, 0.6) is 0 Å². The summed E-state index contributed by atoms with van der Waals surface area (Å²) in [7, 11) is 0. The van der Waals surface area contributed by atoms with Gasteiger partial charge in [-0.1, -0.05) is 6.07 Å². The minimum absolute atomic E-state index is 0.0821. The monoisotopic (exact) mass is 304 g/mol. The number of hydrogen-bond donors (Lipinski definition) is 3. The van der Waals surface area contributed by atoms with Crippen LogP contribution in [0, 0.1) is 0 Å². The molecule has 7 nitrogen and oxygen atoms in total. The molecule has 118 valence electrons.